The Morgan fingerprint density at radius 3 is 2.68 bits per heavy atom. The predicted molar refractivity (Wildman–Crippen MR) is 91.6 cm³/mol. The highest BCUT2D eigenvalue weighted by molar-refractivity contribution is 5.69. The summed E-state index contributed by atoms with van der Waals surface area (Å²) in [6.45, 7) is 8.31. The standard InChI is InChI=1S/C19H24N2O/c1-4-22-19-10-8-17(13-20-19)15-7-9-18-16(12-15)6-5-11-21(18)14(2)3/h7-10,12-14H,4-6,11H2,1-3H3. The third kappa shape index (κ3) is 2.94. The van der Waals surface area contributed by atoms with Gasteiger partial charge in [0.05, 0.1) is 6.61 Å². The fraction of sp³-hybridized carbons (Fsp3) is 0.421. The molecule has 1 aliphatic rings. The zero-order valence-corrected chi connectivity index (χ0v) is 13.7. The summed E-state index contributed by atoms with van der Waals surface area (Å²) in [5.74, 6) is 0.690. The van der Waals surface area contributed by atoms with Crippen molar-refractivity contribution in [2.24, 2.45) is 0 Å². The first-order chi connectivity index (χ1) is 10.7. The Labute approximate surface area is 132 Å². The third-order valence-corrected chi connectivity index (χ3v) is 4.22. The fourth-order valence-corrected chi connectivity index (χ4v) is 3.13. The predicted octanol–water partition coefficient (Wildman–Crippen LogP) is 4.31. The molecule has 0 spiro atoms. The first-order valence-corrected chi connectivity index (χ1v) is 8.18. The van der Waals surface area contributed by atoms with Crippen molar-refractivity contribution in [1.82, 2.24) is 4.98 Å². The Bertz CT molecular complexity index is 634. The largest absolute Gasteiger partial charge is 0.478 e. The van der Waals surface area contributed by atoms with E-state index in [1.807, 2.05) is 19.2 Å². The van der Waals surface area contributed by atoms with Crippen LogP contribution in [0.3, 0.4) is 0 Å². The fourth-order valence-electron chi connectivity index (χ4n) is 3.13. The van der Waals surface area contributed by atoms with Crippen molar-refractivity contribution in [3.63, 3.8) is 0 Å². The molecule has 0 saturated heterocycles. The molecule has 0 radical (unpaired) electrons. The summed E-state index contributed by atoms with van der Waals surface area (Å²) in [5, 5.41) is 0. The zero-order chi connectivity index (χ0) is 15.5. The molecule has 1 aliphatic heterocycles. The number of anilines is 1. The number of rotatable bonds is 4. The smallest absolute Gasteiger partial charge is 0.213 e. The van der Waals surface area contributed by atoms with Gasteiger partial charge in [-0.1, -0.05) is 6.07 Å². The van der Waals surface area contributed by atoms with Crippen molar-refractivity contribution >= 4 is 5.69 Å². The van der Waals surface area contributed by atoms with Crippen molar-refractivity contribution in [2.45, 2.75) is 39.7 Å². The molecule has 3 heteroatoms. The Kier molecular flexibility index (Phi) is 4.32. The summed E-state index contributed by atoms with van der Waals surface area (Å²) in [7, 11) is 0. The van der Waals surface area contributed by atoms with Gasteiger partial charge in [-0.15, -0.1) is 0 Å². The minimum atomic E-state index is 0.553. The summed E-state index contributed by atoms with van der Waals surface area (Å²) >= 11 is 0. The molecule has 0 N–H and O–H groups in total. The number of benzene rings is 1. The molecule has 0 amide bonds. The minimum Gasteiger partial charge on any atom is -0.478 e. The molecule has 22 heavy (non-hydrogen) atoms. The van der Waals surface area contributed by atoms with Gasteiger partial charge in [0.2, 0.25) is 5.88 Å². The number of hydrogen-bond acceptors (Lipinski definition) is 3. The minimum absolute atomic E-state index is 0.553. The number of aryl methyl sites for hydroxylation is 1. The van der Waals surface area contributed by atoms with Crippen molar-refractivity contribution in [2.75, 3.05) is 18.1 Å². The highest BCUT2D eigenvalue weighted by atomic mass is 16.5. The van der Waals surface area contributed by atoms with Gasteiger partial charge < -0.3 is 9.64 Å². The average Bonchev–Trinajstić information content (AvgIpc) is 2.54. The number of hydrogen-bond donors (Lipinski definition) is 0. The van der Waals surface area contributed by atoms with Crippen LogP contribution in [0.25, 0.3) is 11.1 Å². The molecular weight excluding hydrogens is 272 g/mol. The van der Waals surface area contributed by atoms with Crippen molar-refractivity contribution in [3.05, 3.63) is 42.1 Å². The van der Waals surface area contributed by atoms with E-state index in [0.29, 0.717) is 18.5 Å². The molecule has 0 atom stereocenters. The van der Waals surface area contributed by atoms with E-state index in [1.165, 1.54) is 23.2 Å². The molecule has 3 rings (SSSR count). The van der Waals surface area contributed by atoms with Crippen LogP contribution in [-0.2, 0) is 6.42 Å². The molecule has 0 aliphatic carbocycles. The maximum Gasteiger partial charge on any atom is 0.213 e. The van der Waals surface area contributed by atoms with Gasteiger partial charge in [-0.25, -0.2) is 4.98 Å². The van der Waals surface area contributed by atoms with Crippen molar-refractivity contribution in [3.8, 4) is 17.0 Å². The second kappa shape index (κ2) is 6.39. The summed E-state index contributed by atoms with van der Waals surface area (Å²) < 4.78 is 5.41. The van der Waals surface area contributed by atoms with Gasteiger partial charge in [-0.05, 0) is 62.9 Å². The second-order valence-electron chi connectivity index (χ2n) is 6.05. The molecule has 1 aromatic heterocycles. The molecule has 0 bridgehead atoms. The van der Waals surface area contributed by atoms with Crippen LogP contribution in [0.1, 0.15) is 32.8 Å². The van der Waals surface area contributed by atoms with E-state index in [1.54, 1.807) is 0 Å². The molecule has 0 saturated carbocycles. The Morgan fingerprint density at radius 1 is 1.18 bits per heavy atom. The normalized spacial score (nSPS) is 14.1. The van der Waals surface area contributed by atoms with Crippen LogP contribution in [0.15, 0.2) is 36.5 Å². The van der Waals surface area contributed by atoms with E-state index in [9.17, 15) is 0 Å². The molecule has 1 aromatic carbocycles. The van der Waals surface area contributed by atoms with Gasteiger partial charge in [0.15, 0.2) is 0 Å². The van der Waals surface area contributed by atoms with Crippen molar-refractivity contribution in [1.29, 1.82) is 0 Å². The molecule has 116 valence electrons. The number of nitrogens with zero attached hydrogens (tertiary/aromatic N) is 2. The zero-order valence-electron chi connectivity index (χ0n) is 13.7. The molecular formula is C19H24N2O. The van der Waals surface area contributed by atoms with Crippen LogP contribution in [0.4, 0.5) is 5.69 Å². The summed E-state index contributed by atoms with van der Waals surface area (Å²) in [5.41, 5.74) is 5.23. The SMILES string of the molecule is CCOc1ccc(-c2ccc3c(c2)CCCN3C(C)C)cn1. The number of aromatic nitrogens is 1. The summed E-state index contributed by atoms with van der Waals surface area (Å²) in [4.78, 5) is 6.87. The van der Waals surface area contributed by atoms with Gasteiger partial charge >= 0.3 is 0 Å². The number of pyridine rings is 1. The lowest BCUT2D eigenvalue weighted by Gasteiger charge is -2.35. The lowest BCUT2D eigenvalue weighted by atomic mass is 9.96. The lowest BCUT2D eigenvalue weighted by Crippen LogP contribution is -2.35. The molecule has 0 unspecified atom stereocenters. The average molecular weight is 296 g/mol. The topological polar surface area (TPSA) is 25.4 Å². The van der Waals surface area contributed by atoms with E-state index in [-0.39, 0.29) is 0 Å². The monoisotopic (exact) mass is 296 g/mol. The van der Waals surface area contributed by atoms with E-state index < -0.39 is 0 Å². The van der Waals surface area contributed by atoms with Gasteiger partial charge in [0, 0.05) is 36.1 Å². The van der Waals surface area contributed by atoms with Crippen LogP contribution < -0.4 is 9.64 Å². The number of fused-ring (bicyclic) bond motifs is 1. The highest BCUT2D eigenvalue weighted by Gasteiger charge is 2.19. The van der Waals surface area contributed by atoms with Crippen LogP contribution in [-0.4, -0.2) is 24.2 Å². The summed E-state index contributed by atoms with van der Waals surface area (Å²) in [6, 6.07) is 11.4. The molecule has 3 nitrogen and oxygen atoms in total. The Morgan fingerprint density at radius 2 is 2.00 bits per heavy atom. The third-order valence-electron chi connectivity index (χ3n) is 4.22. The van der Waals surface area contributed by atoms with Gasteiger partial charge in [-0.3, -0.25) is 0 Å². The number of ether oxygens (including phenoxy) is 1. The Balaban J connectivity index is 1.90. The first kappa shape index (κ1) is 14.9. The van der Waals surface area contributed by atoms with Crippen LogP contribution in [0.2, 0.25) is 0 Å². The molecule has 2 heterocycles. The van der Waals surface area contributed by atoms with Crippen molar-refractivity contribution < 1.29 is 4.74 Å². The van der Waals surface area contributed by atoms with E-state index in [2.05, 4.69) is 48.0 Å². The maximum absolute atomic E-state index is 5.41. The Hall–Kier alpha value is -2.03. The van der Waals surface area contributed by atoms with E-state index in [0.717, 1.165) is 18.5 Å². The highest BCUT2D eigenvalue weighted by Crippen LogP contribution is 2.32. The van der Waals surface area contributed by atoms with Gasteiger partial charge in [0.1, 0.15) is 0 Å². The lowest BCUT2D eigenvalue weighted by molar-refractivity contribution is 0.327. The first-order valence-electron chi connectivity index (χ1n) is 8.18. The van der Waals surface area contributed by atoms with Gasteiger partial charge in [-0.2, -0.15) is 0 Å². The summed E-state index contributed by atoms with van der Waals surface area (Å²) in [6.07, 6.45) is 4.29. The van der Waals surface area contributed by atoms with E-state index in [4.69, 9.17) is 4.74 Å². The van der Waals surface area contributed by atoms with Crippen LogP contribution in [0.5, 0.6) is 5.88 Å². The maximum atomic E-state index is 5.41. The molecule has 0 fully saturated rings. The van der Waals surface area contributed by atoms with Gasteiger partial charge in [0.25, 0.3) is 0 Å². The van der Waals surface area contributed by atoms with Crippen LogP contribution >= 0.6 is 0 Å². The van der Waals surface area contributed by atoms with Crippen LogP contribution in [0, 0.1) is 0 Å². The quantitative estimate of drug-likeness (QED) is 0.840. The van der Waals surface area contributed by atoms with E-state index >= 15 is 0 Å². The molecule has 2 aromatic rings. The second-order valence-corrected chi connectivity index (χ2v) is 6.05.